The lowest BCUT2D eigenvalue weighted by molar-refractivity contribution is -0.137. The Kier molecular flexibility index (Phi) is 5.93. The number of likely N-dealkylation sites (N-methyl/N-ethyl adjacent to an activating group) is 1. The Hall–Kier alpha value is -3.14. The summed E-state index contributed by atoms with van der Waals surface area (Å²) < 4.78 is 0. The fraction of sp³-hybridized carbons (Fsp3) is 0.400. The molecule has 34 heavy (non-hydrogen) atoms. The van der Waals surface area contributed by atoms with Crippen LogP contribution in [-0.2, 0) is 21.4 Å². The average Bonchev–Trinajstić information content (AvgIpc) is 3.17. The minimum Gasteiger partial charge on any atom is -0.348 e. The van der Waals surface area contributed by atoms with Gasteiger partial charge in [-0.15, -0.1) is 0 Å². The maximum atomic E-state index is 13.4. The van der Waals surface area contributed by atoms with Crippen molar-refractivity contribution in [2.24, 2.45) is 5.92 Å². The van der Waals surface area contributed by atoms with Gasteiger partial charge in [0.25, 0.3) is 0 Å². The van der Waals surface area contributed by atoms with Gasteiger partial charge in [0.15, 0.2) is 0 Å². The topological polar surface area (TPSA) is 40.6 Å². The molecule has 1 heterocycles. The highest BCUT2D eigenvalue weighted by molar-refractivity contribution is 5.87. The van der Waals surface area contributed by atoms with Gasteiger partial charge < -0.3 is 9.80 Å². The summed E-state index contributed by atoms with van der Waals surface area (Å²) in [6.07, 6.45) is 3.46. The summed E-state index contributed by atoms with van der Waals surface area (Å²) in [7, 11) is 3.68. The Morgan fingerprint density at radius 1 is 0.971 bits per heavy atom. The average molecular weight is 455 g/mol. The lowest BCUT2D eigenvalue weighted by Gasteiger charge is -2.41. The lowest BCUT2D eigenvalue weighted by atomic mass is 9.73. The third-order valence-electron chi connectivity index (χ3n) is 8.10. The first-order chi connectivity index (χ1) is 16.4. The Labute approximate surface area is 202 Å². The molecular weight excluding hydrogens is 420 g/mol. The van der Waals surface area contributed by atoms with E-state index >= 15 is 0 Å². The smallest absolute Gasteiger partial charge is 0.229 e. The number of benzene rings is 3. The van der Waals surface area contributed by atoms with Crippen molar-refractivity contribution < 1.29 is 9.59 Å². The van der Waals surface area contributed by atoms with Gasteiger partial charge in [0.1, 0.15) is 0 Å². The number of hydrogen-bond donors (Lipinski definition) is 0. The van der Waals surface area contributed by atoms with Gasteiger partial charge in [-0.3, -0.25) is 9.59 Å². The summed E-state index contributed by atoms with van der Waals surface area (Å²) in [4.78, 5) is 30.1. The van der Waals surface area contributed by atoms with Gasteiger partial charge in [-0.1, -0.05) is 73.7 Å². The lowest BCUT2D eigenvalue weighted by Crippen LogP contribution is -2.46. The largest absolute Gasteiger partial charge is 0.348 e. The van der Waals surface area contributed by atoms with Crippen LogP contribution in [0.25, 0.3) is 10.8 Å². The van der Waals surface area contributed by atoms with Crippen molar-refractivity contribution in [3.8, 4) is 0 Å². The maximum absolute atomic E-state index is 13.4. The van der Waals surface area contributed by atoms with E-state index in [4.69, 9.17) is 0 Å². The second-order valence-electron chi connectivity index (χ2n) is 10.4. The Balaban J connectivity index is 1.29. The van der Waals surface area contributed by atoms with Crippen molar-refractivity contribution in [3.63, 3.8) is 0 Å². The monoisotopic (exact) mass is 454 g/mol. The number of rotatable bonds is 4. The molecule has 0 radical (unpaired) electrons. The minimum absolute atomic E-state index is 0.00256. The van der Waals surface area contributed by atoms with Crippen LogP contribution < -0.4 is 0 Å². The number of amides is 2. The number of hydrogen-bond acceptors (Lipinski definition) is 2. The first-order valence-corrected chi connectivity index (χ1v) is 12.5. The minimum atomic E-state index is -0.0706. The van der Waals surface area contributed by atoms with Crippen LogP contribution in [0.15, 0.2) is 66.7 Å². The third kappa shape index (κ3) is 3.89. The first kappa shape index (κ1) is 22.6. The molecule has 1 saturated heterocycles. The Morgan fingerprint density at radius 3 is 2.41 bits per heavy atom. The molecule has 1 aliphatic carbocycles. The van der Waals surface area contributed by atoms with E-state index in [0.29, 0.717) is 0 Å². The van der Waals surface area contributed by atoms with E-state index in [0.717, 1.165) is 38.8 Å². The molecule has 4 nitrogen and oxygen atoms in total. The van der Waals surface area contributed by atoms with E-state index in [1.54, 1.807) is 4.90 Å². The summed E-state index contributed by atoms with van der Waals surface area (Å²) in [5.74, 6) is 0.305. The zero-order chi connectivity index (χ0) is 23.9. The molecule has 2 atom stereocenters. The SMILES string of the molecule is C[C@H](Cc1cccc2ccccc12)C(=O)N1CCC2(CC1)C[C@@H](C(=O)N(C)C)c1ccccc12. The van der Waals surface area contributed by atoms with E-state index in [1.165, 1.54) is 27.5 Å². The van der Waals surface area contributed by atoms with Gasteiger partial charge in [-0.2, -0.15) is 0 Å². The Bertz CT molecular complexity index is 1220. The van der Waals surface area contributed by atoms with Crippen molar-refractivity contribution in [3.05, 3.63) is 83.4 Å². The number of likely N-dealkylation sites (tertiary alicyclic amines) is 1. The molecule has 176 valence electrons. The van der Waals surface area contributed by atoms with Crippen molar-refractivity contribution in [2.45, 2.75) is 43.9 Å². The van der Waals surface area contributed by atoms with E-state index < -0.39 is 0 Å². The van der Waals surface area contributed by atoms with Gasteiger partial charge >= 0.3 is 0 Å². The normalized spacial score (nSPS) is 19.7. The Morgan fingerprint density at radius 2 is 1.65 bits per heavy atom. The van der Waals surface area contributed by atoms with Crippen LogP contribution in [-0.4, -0.2) is 48.8 Å². The number of nitrogens with zero attached hydrogens (tertiary/aromatic N) is 2. The summed E-state index contributed by atoms with van der Waals surface area (Å²) in [6, 6.07) is 23.2. The number of carbonyl (C=O) groups excluding carboxylic acids is 2. The predicted molar refractivity (Wildman–Crippen MR) is 137 cm³/mol. The molecular formula is C30H34N2O2. The summed E-state index contributed by atoms with van der Waals surface area (Å²) in [6.45, 7) is 3.58. The molecule has 0 aromatic heterocycles. The predicted octanol–water partition coefficient (Wildman–Crippen LogP) is 5.15. The number of piperidine rings is 1. The molecule has 3 aromatic rings. The molecule has 3 aromatic carbocycles. The highest BCUT2D eigenvalue weighted by Crippen LogP contribution is 2.52. The summed E-state index contributed by atoms with van der Waals surface area (Å²) in [5, 5.41) is 2.46. The molecule has 1 aliphatic heterocycles. The molecule has 4 heteroatoms. The maximum Gasteiger partial charge on any atom is 0.229 e. The van der Waals surface area contributed by atoms with E-state index in [9.17, 15) is 9.59 Å². The second kappa shape index (κ2) is 8.90. The molecule has 0 N–H and O–H groups in total. The second-order valence-corrected chi connectivity index (χ2v) is 10.4. The van der Waals surface area contributed by atoms with E-state index in [1.807, 2.05) is 20.2 Å². The highest BCUT2D eigenvalue weighted by Gasteiger charge is 2.48. The summed E-state index contributed by atoms with van der Waals surface area (Å²) >= 11 is 0. The molecule has 0 unspecified atom stereocenters. The van der Waals surface area contributed by atoms with Crippen LogP contribution in [0.1, 0.15) is 48.8 Å². The molecule has 1 spiro atoms. The van der Waals surface area contributed by atoms with E-state index in [-0.39, 0.29) is 29.1 Å². The molecule has 2 amide bonds. The van der Waals surface area contributed by atoms with E-state index in [2.05, 4.69) is 72.5 Å². The third-order valence-corrected chi connectivity index (χ3v) is 8.10. The first-order valence-electron chi connectivity index (χ1n) is 12.5. The quantitative estimate of drug-likeness (QED) is 0.547. The van der Waals surface area contributed by atoms with Crippen molar-refractivity contribution in [1.82, 2.24) is 9.80 Å². The number of carbonyl (C=O) groups is 2. The van der Waals surface area contributed by atoms with Crippen molar-refractivity contribution in [2.75, 3.05) is 27.2 Å². The van der Waals surface area contributed by atoms with Crippen LogP contribution in [0.5, 0.6) is 0 Å². The van der Waals surface area contributed by atoms with Crippen molar-refractivity contribution >= 4 is 22.6 Å². The molecule has 0 saturated carbocycles. The molecule has 2 aliphatic rings. The fourth-order valence-corrected chi connectivity index (χ4v) is 6.25. The van der Waals surface area contributed by atoms with Crippen molar-refractivity contribution in [1.29, 1.82) is 0 Å². The molecule has 0 bridgehead atoms. The fourth-order valence-electron chi connectivity index (χ4n) is 6.25. The van der Waals surface area contributed by atoms with Gasteiger partial charge in [-0.05, 0) is 53.1 Å². The summed E-state index contributed by atoms with van der Waals surface area (Å²) in [5.41, 5.74) is 3.75. The highest BCUT2D eigenvalue weighted by atomic mass is 16.2. The van der Waals surface area contributed by atoms with Gasteiger partial charge in [0.2, 0.25) is 11.8 Å². The molecule has 5 rings (SSSR count). The zero-order valence-electron chi connectivity index (χ0n) is 20.5. The van der Waals surface area contributed by atoms with Gasteiger partial charge in [-0.25, -0.2) is 0 Å². The van der Waals surface area contributed by atoms with Crippen LogP contribution in [0.3, 0.4) is 0 Å². The zero-order valence-corrected chi connectivity index (χ0v) is 20.5. The molecule has 1 fully saturated rings. The van der Waals surface area contributed by atoms with Crippen LogP contribution in [0.2, 0.25) is 0 Å². The standard InChI is InChI=1S/C30H34N2O2/c1-21(19-23-11-8-10-22-9-4-5-12-24(22)23)28(33)32-17-15-30(16-18-32)20-26(29(34)31(2)3)25-13-6-7-14-27(25)30/h4-14,21,26H,15-20H2,1-3H3/t21-,26-/m1/s1. The van der Waals surface area contributed by atoms with Crippen LogP contribution in [0.4, 0.5) is 0 Å². The van der Waals surface area contributed by atoms with Gasteiger partial charge in [0, 0.05) is 38.5 Å². The van der Waals surface area contributed by atoms with Crippen LogP contribution in [0, 0.1) is 5.92 Å². The van der Waals surface area contributed by atoms with Gasteiger partial charge in [0.05, 0.1) is 5.92 Å². The van der Waals surface area contributed by atoms with Crippen LogP contribution >= 0.6 is 0 Å². The number of fused-ring (bicyclic) bond motifs is 3.